The number of sulfonamides is 1. The third-order valence-electron chi connectivity index (χ3n) is 4.39. The molecule has 0 unspecified atom stereocenters. The Balaban J connectivity index is 1.86. The zero-order chi connectivity index (χ0) is 18.3. The van der Waals surface area contributed by atoms with Crippen molar-refractivity contribution in [3.05, 3.63) is 79.1 Å². The molecule has 132 valence electrons. The summed E-state index contributed by atoms with van der Waals surface area (Å²) < 4.78 is 47.2. The quantitative estimate of drug-likeness (QED) is 0.653. The molecule has 0 fully saturated rings. The van der Waals surface area contributed by atoms with E-state index in [0.717, 1.165) is 10.8 Å². The number of hydrogen-bond donors (Lipinski definition) is 0. The van der Waals surface area contributed by atoms with Crippen molar-refractivity contribution in [1.82, 2.24) is 0 Å². The summed E-state index contributed by atoms with van der Waals surface area (Å²) in [6.07, 6.45) is 1.03. The lowest BCUT2D eigenvalue weighted by Gasteiger charge is -2.34. The van der Waals surface area contributed by atoms with E-state index in [9.17, 15) is 12.8 Å². The van der Waals surface area contributed by atoms with Gasteiger partial charge in [-0.3, -0.25) is 4.31 Å². The molecule has 0 spiro atoms. The molecule has 0 saturated carbocycles. The Morgan fingerprint density at radius 3 is 2.62 bits per heavy atom. The van der Waals surface area contributed by atoms with Crippen molar-refractivity contribution in [3.8, 4) is 5.75 Å². The van der Waals surface area contributed by atoms with Gasteiger partial charge in [0.05, 0.1) is 17.1 Å². The fourth-order valence-corrected chi connectivity index (χ4v) is 4.57. The Kier molecular flexibility index (Phi) is 3.92. The highest BCUT2D eigenvalue weighted by molar-refractivity contribution is 7.92. The summed E-state index contributed by atoms with van der Waals surface area (Å²) in [4.78, 5) is 0.149. The van der Waals surface area contributed by atoms with Gasteiger partial charge in [0.15, 0.2) is 0 Å². The van der Waals surface area contributed by atoms with Crippen LogP contribution < -0.4 is 9.04 Å². The normalized spacial score (nSPS) is 16.8. The SMILES string of the molecule is C=C[C@H]1CN(S(=O)(=O)c2ccc3ccccc3c2)c2cc(F)ccc2O1. The highest BCUT2D eigenvalue weighted by Gasteiger charge is 2.34. The molecule has 0 aliphatic carbocycles. The number of benzene rings is 3. The second-order valence-electron chi connectivity index (χ2n) is 6.05. The van der Waals surface area contributed by atoms with Gasteiger partial charge in [-0.2, -0.15) is 0 Å². The van der Waals surface area contributed by atoms with Crippen LogP contribution in [0.5, 0.6) is 5.75 Å². The molecule has 0 N–H and O–H groups in total. The molecule has 0 amide bonds. The highest BCUT2D eigenvalue weighted by Crippen LogP contribution is 2.38. The summed E-state index contributed by atoms with van der Waals surface area (Å²) >= 11 is 0. The molecule has 6 heteroatoms. The average molecular weight is 369 g/mol. The number of hydrogen-bond acceptors (Lipinski definition) is 3. The summed E-state index contributed by atoms with van der Waals surface area (Å²) in [5.74, 6) is -0.213. The first-order valence-corrected chi connectivity index (χ1v) is 9.53. The minimum atomic E-state index is -3.89. The zero-order valence-electron chi connectivity index (χ0n) is 13.8. The van der Waals surface area contributed by atoms with E-state index < -0.39 is 21.9 Å². The molecule has 0 bridgehead atoms. The summed E-state index contributed by atoms with van der Waals surface area (Å²) in [6, 6.07) is 16.3. The molecular weight excluding hydrogens is 353 g/mol. The van der Waals surface area contributed by atoms with Crippen molar-refractivity contribution in [2.75, 3.05) is 10.8 Å². The van der Waals surface area contributed by atoms with E-state index in [-0.39, 0.29) is 17.1 Å². The molecule has 1 aliphatic rings. The van der Waals surface area contributed by atoms with Crippen LogP contribution in [0.1, 0.15) is 0 Å². The molecule has 26 heavy (non-hydrogen) atoms. The van der Waals surface area contributed by atoms with Gasteiger partial charge in [0.2, 0.25) is 0 Å². The molecule has 4 nitrogen and oxygen atoms in total. The van der Waals surface area contributed by atoms with Gasteiger partial charge in [0.1, 0.15) is 17.7 Å². The van der Waals surface area contributed by atoms with Crippen molar-refractivity contribution >= 4 is 26.5 Å². The first-order valence-electron chi connectivity index (χ1n) is 8.09. The van der Waals surface area contributed by atoms with Gasteiger partial charge < -0.3 is 4.74 Å². The Morgan fingerprint density at radius 2 is 1.85 bits per heavy atom. The van der Waals surface area contributed by atoms with E-state index in [1.54, 1.807) is 18.2 Å². The van der Waals surface area contributed by atoms with Crippen LogP contribution in [0.2, 0.25) is 0 Å². The first kappa shape index (κ1) is 16.6. The van der Waals surface area contributed by atoms with Crippen molar-refractivity contribution < 1.29 is 17.5 Å². The number of halogens is 1. The lowest BCUT2D eigenvalue weighted by Crippen LogP contribution is -2.42. The van der Waals surface area contributed by atoms with Crippen LogP contribution in [-0.2, 0) is 10.0 Å². The smallest absolute Gasteiger partial charge is 0.264 e. The number of fused-ring (bicyclic) bond motifs is 2. The van der Waals surface area contributed by atoms with Crippen molar-refractivity contribution in [2.24, 2.45) is 0 Å². The van der Waals surface area contributed by atoms with Crippen LogP contribution >= 0.6 is 0 Å². The van der Waals surface area contributed by atoms with Crippen LogP contribution in [0.25, 0.3) is 10.8 Å². The molecular formula is C20H16FNO3S. The van der Waals surface area contributed by atoms with E-state index >= 15 is 0 Å². The van der Waals surface area contributed by atoms with Gasteiger partial charge >= 0.3 is 0 Å². The number of ether oxygens (including phenoxy) is 1. The lowest BCUT2D eigenvalue weighted by molar-refractivity contribution is 0.246. The second kappa shape index (κ2) is 6.14. The van der Waals surface area contributed by atoms with Crippen molar-refractivity contribution in [3.63, 3.8) is 0 Å². The third kappa shape index (κ3) is 2.72. The predicted molar refractivity (Wildman–Crippen MR) is 99.5 cm³/mol. The summed E-state index contributed by atoms with van der Waals surface area (Å²) in [5, 5.41) is 1.77. The van der Waals surface area contributed by atoms with Gasteiger partial charge in [-0.15, -0.1) is 0 Å². The molecule has 1 aliphatic heterocycles. The molecule has 3 aromatic carbocycles. The maximum absolute atomic E-state index is 13.7. The molecule has 1 heterocycles. The fourth-order valence-electron chi connectivity index (χ4n) is 3.05. The minimum Gasteiger partial charge on any atom is -0.482 e. The molecule has 0 aromatic heterocycles. The second-order valence-corrected chi connectivity index (χ2v) is 7.91. The van der Waals surface area contributed by atoms with E-state index in [2.05, 4.69) is 6.58 Å². The lowest BCUT2D eigenvalue weighted by atomic mass is 10.1. The zero-order valence-corrected chi connectivity index (χ0v) is 14.6. The van der Waals surface area contributed by atoms with Crippen LogP contribution in [-0.4, -0.2) is 21.1 Å². The summed E-state index contributed by atoms with van der Waals surface area (Å²) in [7, 11) is -3.89. The average Bonchev–Trinajstić information content (AvgIpc) is 2.66. The standard InChI is InChI=1S/C20H16FNO3S/c1-2-17-13-22(19-12-16(21)8-10-20(19)25-17)26(23,24)18-9-7-14-5-3-4-6-15(14)11-18/h2-12,17H,1,13H2/t17-/m0/s1. The van der Waals surface area contributed by atoms with Gasteiger partial charge in [-0.25, -0.2) is 12.8 Å². The van der Waals surface area contributed by atoms with Crippen LogP contribution in [0, 0.1) is 5.82 Å². The molecule has 4 rings (SSSR count). The molecule has 0 radical (unpaired) electrons. The number of rotatable bonds is 3. The van der Waals surface area contributed by atoms with Crippen LogP contribution in [0.4, 0.5) is 10.1 Å². The minimum absolute atomic E-state index is 0.0368. The van der Waals surface area contributed by atoms with E-state index in [1.807, 2.05) is 24.3 Å². The van der Waals surface area contributed by atoms with Crippen LogP contribution in [0.15, 0.2) is 78.2 Å². The van der Waals surface area contributed by atoms with Gasteiger partial charge in [-0.05, 0) is 41.1 Å². The molecule has 0 saturated heterocycles. The Hall–Kier alpha value is -2.86. The van der Waals surface area contributed by atoms with Crippen molar-refractivity contribution in [2.45, 2.75) is 11.0 Å². The van der Waals surface area contributed by atoms with E-state index in [0.29, 0.717) is 5.75 Å². The highest BCUT2D eigenvalue weighted by atomic mass is 32.2. The number of anilines is 1. The monoisotopic (exact) mass is 369 g/mol. The molecule has 3 aromatic rings. The van der Waals surface area contributed by atoms with Crippen molar-refractivity contribution in [1.29, 1.82) is 0 Å². The van der Waals surface area contributed by atoms with Gasteiger partial charge in [-0.1, -0.05) is 36.9 Å². The molecule has 1 atom stereocenters. The summed E-state index contributed by atoms with van der Waals surface area (Å²) in [6.45, 7) is 3.72. The maximum Gasteiger partial charge on any atom is 0.264 e. The fraction of sp³-hybridized carbons (Fsp3) is 0.100. The predicted octanol–water partition coefficient (Wildman–Crippen LogP) is 4.12. The third-order valence-corrected chi connectivity index (χ3v) is 6.16. The number of nitrogens with zero attached hydrogens (tertiary/aromatic N) is 1. The Morgan fingerprint density at radius 1 is 1.08 bits per heavy atom. The Bertz CT molecular complexity index is 1110. The van der Waals surface area contributed by atoms with Gasteiger partial charge in [0.25, 0.3) is 10.0 Å². The first-order chi connectivity index (χ1) is 12.5. The summed E-state index contributed by atoms with van der Waals surface area (Å²) in [5.41, 5.74) is 0.191. The van der Waals surface area contributed by atoms with Gasteiger partial charge in [0, 0.05) is 6.07 Å². The topological polar surface area (TPSA) is 46.6 Å². The largest absolute Gasteiger partial charge is 0.482 e. The van der Waals surface area contributed by atoms with E-state index in [1.165, 1.54) is 28.6 Å². The Labute approximate surface area is 151 Å². The maximum atomic E-state index is 13.7. The van der Waals surface area contributed by atoms with Crippen LogP contribution in [0.3, 0.4) is 0 Å². The van der Waals surface area contributed by atoms with E-state index in [4.69, 9.17) is 4.74 Å².